The van der Waals surface area contributed by atoms with E-state index in [2.05, 4.69) is 66.7 Å². The van der Waals surface area contributed by atoms with Gasteiger partial charge in [0.25, 0.3) is 0 Å². The normalized spacial score (nSPS) is 11.6. The van der Waals surface area contributed by atoms with Crippen molar-refractivity contribution in [3.05, 3.63) is 158 Å². The number of para-hydroxylation sites is 1. The van der Waals surface area contributed by atoms with E-state index in [0.717, 1.165) is 77.2 Å². The molecule has 0 unspecified atom stereocenters. The SMILES string of the molecule is c1ccc(-c2nc(-c3ccccc3)nc(-c3cccc(-c4ccc(-c5nc6cc7oc8ccccc8c7cc6o5)c5ccccc45)c3)n2)cc1. The van der Waals surface area contributed by atoms with Crippen molar-refractivity contribution in [3.63, 3.8) is 0 Å². The Morgan fingerprint density at radius 3 is 1.60 bits per heavy atom. The summed E-state index contributed by atoms with van der Waals surface area (Å²) in [6.45, 7) is 0. The molecule has 7 aromatic carbocycles. The van der Waals surface area contributed by atoms with Crippen LogP contribution in [0.1, 0.15) is 0 Å². The highest BCUT2D eigenvalue weighted by atomic mass is 16.4. The lowest BCUT2D eigenvalue weighted by atomic mass is 9.94. The molecule has 10 rings (SSSR count). The minimum Gasteiger partial charge on any atom is -0.456 e. The molecule has 0 saturated carbocycles. The van der Waals surface area contributed by atoms with E-state index in [1.54, 1.807) is 0 Å². The monoisotopic (exact) mass is 642 g/mol. The standard InChI is InChI=1S/C44H26N4O2/c1-3-12-27(13-4-1)41-46-42(28-14-5-2-6-15-28)48-43(47-41)30-17-11-16-29(24-30)31-22-23-35(33-19-8-7-18-32(31)33)44-45-37-26-39-36(25-40(37)50-44)34-20-9-10-21-38(34)49-39/h1-26H. The quantitative estimate of drug-likeness (QED) is 0.186. The van der Waals surface area contributed by atoms with Gasteiger partial charge < -0.3 is 8.83 Å². The van der Waals surface area contributed by atoms with Crippen LogP contribution in [-0.4, -0.2) is 19.9 Å². The predicted molar refractivity (Wildman–Crippen MR) is 199 cm³/mol. The Labute approximate surface area is 286 Å². The Bertz CT molecular complexity index is 2820. The number of hydrogen-bond acceptors (Lipinski definition) is 6. The smallest absolute Gasteiger partial charge is 0.227 e. The van der Waals surface area contributed by atoms with Crippen LogP contribution >= 0.6 is 0 Å². The van der Waals surface area contributed by atoms with Crippen molar-refractivity contribution in [2.75, 3.05) is 0 Å². The van der Waals surface area contributed by atoms with Crippen molar-refractivity contribution in [1.29, 1.82) is 0 Å². The largest absolute Gasteiger partial charge is 0.456 e. The van der Waals surface area contributed by atoms with Gasteiger partial charge in [0.05, 0.1) is 0 Å². The summed E-state index contributed by atoms with van der Waals surface area (Å²) < 4.78 is 12.5. The molecule has 3 aromatic heterocycles. The van der Waals surface area contributed by atoms with Gasteiger partial charge in [-0.2, -0.15) is 0 Å². The topological polar surface area (TPSA) is 77.8 Å². The summed E-state index contributed by atoms with van der Waals surface area (Å²) in [5.41, 5.74) is 8.98. The van der Waals surface area contributed by atoms with E-state index in [4.69, 9.17) is 28.8 Å². The van der Waals surface area contributed by atoms with Gasteiger partial charge in [-0.1, -0.05) is 127 Å². The van der Waals surface area contributed by atoms with Gasteiger partial charge in [-0.3, -0.25) is 0 Å². The van der Waals surface area contributed by atoms with Gasteiger partial charge >= 0.3 is 0 Å². The average molecular weight is 643 g/mol. The third kappa shape index (κ3) is 4.73. The minimum absolute atomic E-state index is 0.570. The highest BCUT2D eigenvalue weighted by Gasteiger charge is 2.18. The molecule has 0 fully saturated rings. The molecule has 3 heterocycles. The van der Waals surface area contributed by atoms with Crippen LogP contribution in [0.2, 0.25) is 0 Å². The van der Waals surface area contributed by atoms with E-state index in [0.29, 0.717) is 23.4 Å². The molecule has 10 aromatic rings. The fourth-order valence-electron chi connectivity index (χ4n) is 6.76. The second-order valence-corrected chi connectivity index (χ2v) is 12.3. The van der Waals surface area contributed by atoms with Crippen LogP contribution in [-0.2, 0) is 0 Å². The zero-order valence-corrected chi connectivity index (χ0v) is 26.6. The summed E-state index contributed by atoms with van der Waals surface area (Å²) in [7, 11) is 0. The van der Waals surface area contributed by atoms with Crippen LogP contribution in [0.5, 0.6) is 0 Å². The van der Waals surface area contributed by atoms with Crippen LogP contribution in [0, 0.1) is 0 Å². The molecule has 6 heteroatoms. The Balaban J connectivity index is 1.08. The summed E-state index contributed by atoms with van der Waals surface area (Å²) in [5, 5.41) is 4.22. The van der Waals surface area contributed by atoms with Crippen LogP contribution < -0.4 is 0 Å². The molecule has 6 nitrogen and oxygen atoms in total. The van der Waals surface area contributed by atoms with Crippen LogP contribution in [0.4, 0.5) is 0 Å². The van der Waals surface area contributed by atoms with Crippen molar-refractivity contribution >= 4 is 43.8 Å². The Morgan fingerprint density at radius 2 is 0.880 bits per heavy atom. The Hall–Kier alpha value is -6.92. The van der Waals surface area contributed by atoms with Crippen molar-refractivity contribution in [2.24, 2.45) is 0 Å². The maximum atomic E-state index is 6.43. The summed E-state index contributed by atoms with van der Waals surface area (Å²) >= 11 is 0. The number of furan rings is 1. The fraction of sp³-hybridized carbons (Fsp3) is 0. The zero-order valence-electron chi connectivity index (χ0n) is 26.6. The van der Waals surface area contributed by atoms with Gasteiger partial charge in [0, 0.05) is 39.1 Å². The molecular weight excluding hydrogens is 617 g/mol. The summed E-state index contributed by atoms with van der Waals surface area (Å²) in [4.78, 5) is 19.7. The molecule has 0 atom stereocenters. The molecule has 0 spiro atoms. The number of nitrogens with zero attached hydrogens (tertiary/aromatic N) is 4. The average Bonchev–Trinajstić information content (AvgIpc) is 3.77. The lowest BCUT2D eigenvalue weighted by Gasteiger charge is -2.12. The van der Waals surface area contributed by atoms with E-state index in [1.165, 1.54) is 0 Å². The van der Waals surface area contributed by atoms with E-state index in [1.807, 2.05) is 91.0 Å². The van der Waals surface area contributed by atoms with Crippen LogP contribution in [0.25, 0.3) is 101 Å². The predicted octanol–water partition coefficient (Wildman–Crippen LogP) is 11.4. The van der Waals surface area contributed by atoms with Gasteiger partial charge in [0.1, 0.15) is 16.7 Å². The number of benzene rings is 7. The first kappa shape index (κ1) is 28.1. The molecule has 50 heavy (non-hydrogen) atoms. The molecule has 234 valence electrons. The molecule has 0 saturated heterocycles. The second-order valence-electron chi connectivity index (χ2n) is 12.3. The third-order valence-corrected chi connectivity index (χ3v) is 9.17. The highest BCUT2D eigenvalue weighted by Crippen LogP contribution is 2.39. The number of rotatable bonds is 5. The maximum absolute atomic E-state index is 6.43. The first-order chi connectivity index (χ1) is 24.7. The van der Waals surface area contributed by atoms with Gasteiger partial charge in [-0.05, 0) is 46.2 Å². The zero-order chi connectivity index (χ0) is 33.0. The van der Waals surface area contributed by atoms with Gasteiger partial charge in [0.15, 0.2) is 23.1 Å². The molecule has 0 aliphatic heterocycles. The lowest BCUT2D eigenvalue weighted by Crippen LogP contribution is -2.00. The highest BCUT2D eigenvalue weighted by molar-refractivity contribution is 6.09. The minimum atomic E-state index is 0.570. The Morgan fingerprint density at radius 1 is 0.320 bits per heavy atom. The van der Waals surface area contributed by atoms with E-state index in [9.17, 15) is 0 Å². The lowest BCUT2D eigenvalue weighted by molar-refractivity contribution is 0.621. The molecule has 0 aliphatic carbocycles. The molecule has 0 radical (unpaired) electrons. The first-order valence-electron chi connectivity index (χ1n) is 16.5. The summed E-state index contributed by atoms with van der Waals surface area (Å²) in [6.07, 6.45) is 0. The Kier molecular flexibility index (Phi) is 6.39. The number of hydrogen-bond donors (Lipinski definition) is 0. The van der Waals surface area contributed by atoms with Crippen molar-refractivity contribution in [1.82, 2.24) is 19.9 Å². The van der Waals surface area contributed by atoms with Gasteiger partial charge in [0.2, 0.25) is 5.89 Å². The fourth-order valence-corrected chi connectivity index (χ4v) is 6.76. The molecule has 0 amide bonds. The first-order valence-corrected chi connectivity index (χ1v) is 16.5. The molecule has 0 bridgehead atoms. The van der Waals surface area contributed by atoms with Crippen molar-refractivity contribution in [2.45, 2.75) is 0 Å². The number of fused-ring (bicyclic) bond motifs is 5. The van der Waals surface area contributed by atoms with Crippen molar-refractivity contribution in [3.8, 4) is 56.7 Å². The summed E-state index contributed by atoms with van der Waals surface area (Å²) in [6, 6.07) is 53.1. The molecule has 0 aliphatic rings. The molecular formula is C44H26N4O2. The van der Waals surface area contributed by atoms with Crippen LogP contribution in [0.15, 0.2) is 167 Å². The van der Waals surface area contributed by atoms with Crippen molar-refractivity contribution < 1.29 is 8.83 Å². The van der Waals surface area contributed by atoms with E-state index < -0.39 is 0 Å². The number of oxazole rings is 1. The van der Waals surface area contributed by atoms with Gasteiger partial charge in [-0.25, -0.2) is 19.9 Å². The maximum Gasteiger partial charge on any atom is 0.227 e. The second kappa shape index (κ2) is 11.4. The van der Waals surface area contributed by atoms with E-state index >= 15 is 0 Å². The van der Waals surface area contributed by atoms with Crippen LogP contribution in [0.3, 0.4) is 0 Å². The molecule has 0 N–H and O–H groups in total. The van der Waals surface area contributed by atoms with Gasteiger partial charge in [-0.15, -0.1) is 0 Å². The van der Waals surface area contributed by atoms with E-state index in [-0.39, 0.29) is 0 Å². The number of aromatic nitrogens is 4. The summed E-state index contributed by atoms with van der Waals surface area (Å²) in [5.74, 6) is 2.45. The third-order valence-electron chi connectivity index (χ3n) is 9.17.